The van der Waals surface area contributed by atoms with Gasteiger partial charge in [-0.05, 0) is 30.7 Å². The van der Waals surface area contributed by atoms with E-state index >= 15 is 0 Å². The van der Waals surface area contributed by atoms with E-state index in [1.807, 2.05) is 20.8 Å². The van der Waals surface area contributed by atoms with Crippen LogP contribution in [-0.2, 0) is 20.2 Å². The van der Waals surface area contributed by atoms with Gasteiger partial charge in [0.05, 0.1) is 10.6 Å². The normalized spacial score (nSPS) is 15.6. The van der Waals surface area contributed by atoms with E-state index in [0.717, 1.165) is 6.42 Å². The summed E-state index contributed by atoms with van der Waals surface area (Å²) in [6.45, 7) is 6.54. The van der Waals surface area contributed by atoms with Crippen molar-refractivity contribution < 1.29 is 17.7 Å². The molecule has 1 aliphatic rings. The van der Waals surface area contributed by atoms with Gasteiger partial charge in [-0.1, -0.05) is 25.9 Å². The lowest BCUT2D eigenvalue weighted by molar-refractivity contribution is -0.117. The van der Waals surface area contributed by atoms with Crippen molar-refractivity contribution in [2.75, 3.05) is 16.2 Å². The van der Waals surface area contributed by atoms with Crippen LogP contribution in [0.2, 0.25) is 0 Å². The highest BCUT2D eigenvalue weighted by molar-refractivity contribution is 7.92. The summed E-state index contributed by atoms with van der Waals surface area (Å²) in [5.41, 5.74) is 1.13. The number of hydrogen-bond donors (Lipinski definition) is 1. The molecule has 0 unspecified atom stereocenters. The van der Waals surface area contributed by atoms with Crippen LogP contribution in [-0.4, -0.2) is 26.0 Å². The molecule has 25 heavy (non-hydrogen) atoms. The van der Waals surface area contributed by atoms with Crippen LogP contribution < -0.4 is 9.62 Å². The number of carbonyl (C=O) groups is 1. The van der Waals surface area contributed by atoms with Crippen molar-refractivity contribution in [3.63, 3.8) is 0 Å². The lowest BCUT2D eigenvalue weighted by atomic mass is 9.92. The first-order chi connectivity index (χ1) is 11.7. The van der Waals surface area contributed by atoms with Gasteiger partial charge >= 0.3 is 0 Å². The zero-order valence-corrected chi connectivity index (χ0v) is 15.3. The van der Waals surface area contributed by atoms with E-state index in [1.165, 1.54) is 12.1 Å². The van der Waals surface area contributed by atoms with E-state index in [1.54, 1.807) is 23.1 Å². The molecule has 1 aliphatic heterocycles. The number of aromatic nitrogens is 1. The average Bonchev–Trinajstić information content (AvgIpc) is 3.15. The van der Waals surface area contributed by atoms with E-state index in [2.05, 4.69) is 9.88 Å². The Morgan fingerprint density at radius 2 is 1.88 bits per heavy atom. The molecule has 1 N–H and O–H groups in total. The fraction of sp³-hybridized carbons (Fsp3) is 0.412. The van der Waals surface area contributed by atoms with Crippen LogP contribution >= 0.6 is 0 Å². The molecule has 3 rings (SSSR count). The molecule has 0 radical (unpaired) electrons. The van der Waals surface area contributed by atoms with Gasteiger partial charge in [0.2, 0.25) is 11.8 Å². The Morgan fingerprint density at radius 1 is 1.20 bits per heavy atom. The summed E-state index contributed by atoms with van der Waals surface area (Å²) in [6.07, 6.45) is 1.35. The van der Waals surface area contributed by atoms with Gasteiger partial charge in [0, 0.05) is 30.1 Å². The van der Waals surface area contributed by atoms with Gasteiger partial charge in [-0.25, -0.2) is 13.1 Å². The molecule has 2 heterocycles. The summed E-state index contributed by atoms with van der Waals surface area (Å²) >= 11 is 0. The van der Waals surface area contributed by atoms with Gasteiger partial charge < -0.3 is 9.42 Å². The standard InChI is InChI=1S/C17H21N3O4S/c1-17(2,3)14-11-15(24-18-14)19-25(22,23)13-8-6-12(7-9-13)20-10-4-5-16(20)21/h6-9,11,19H,4-5,10H2,1-3H3. The number of hydrogen-bond acceptors (Lipinski definition) is 5. The maximum absolute atomic E-state index is 12.5. The molecule has 1 fully saturated rings. The Hall–Kier alpha value is -2.35. The van der Waals surface area contributed by atoms with Crippen LogP contribution in [0.4, 0.5) is 11.6 Å². The first-order valence-electron chi connectivity index (χ1n) is 8.07. The summed E-state index contributed by atoms with van der Waals surface area (Å²) < 4.78 is 32.4. The Kier molecular flexibility index (Phi) is 4.32. The Balaban J connectivity index is 1.78. The molecule has 0 spiro atoms. The van der Waals surface area contributed by atoms with E-state index in [0.29, 0.717) is 24.3 Å². The average molecular weight is 363 g/mol. The molecule has 1 aromatic heterocycles. The van der Waals surface area contributed by atoms with Crippen LogP contribution in [0, 0.1) is 0 Å². The lowest BCUT2D eigenvalue weighted by Crippen LogP contribution is -2.23. The number of sulfonamides is 1. The first kappa shape index (κ1) is 17.5. The van der Waals surface area contributed by atoms with Crippen LogP contribution in [0.3, 0.4) is 0 Å². The van der Waals surface area contributed by atoms with E-state index in [4.69, 9.17) is 4.52 Å². The maximum Gasteiger partial charge on any atom is 0.264 e. The van der Waals surface area contributed by atoms with Gasteiger partial charge in [-0.2, -0.15) is 0 Å². The summed E-state index contributed by atoms with van der Waals surface area (Å²) in [7, 11) is -3.79. The number of nitrogens with one attached hydrogen (secondary N) is 1. The minimum Gasteiger partial charge on any atom is -0.338 e. The second-order valence-corrected chi connectivity index (χ2v) is 8.76. The zero-order chi connectivity index (χ0) is 18.2. The summed E-state index contributed by atoms with van der Waals surface area (Å²) in [6, 6.07) is 7.81. The van der Waals surface area contributed by atoms with Gasteiger partial charge in [0.1, 0.15) is 0 Å². The summed E-state index contributed by atoms with van der Waals surface area (Å²) in [4.78, 5) is 13.5. The topological polar surface area (TPSA) is 92.5 Å². The van der Waals surface area contributed by atoms with Crippen molar-refractivity contribution in [3.8, 4) is 0 Å². The molecule has 0 bridgehead atoms. The largest absolute Gasteiger partial charge is 0.338 e. The number of anilines is 2. The molecular weight excluding hydrogens is 342 g/mol. The molecular formula is C17H21N3O4S. The molecule has 0 aliphatic carbocycles. The fourth-order valence-corrected chi connectivity index (χ4v) is 3.57. The van der Waals surface area contributed by atoms with Crippen molar-refractivity contribution in [1.29, 1.82) is 0 Å². The first-order valence-corrected chi connectivity index (χ1v) is 9.55. The van der Waals surface area contributed by atoms with Crippen LogP contribution in [0.1, 0.15) is 39.3 Å². The lowest BCUT2D eigenvalue weighted by Gasteiger charge is -2.16. The van der Waals surface area contributed by atoms with Crippen LogP contribution in [0.25, 0.3) is 0 Å². The summed E-state index contributed by atoms with van der Waals surface area (Å²) in [5, 5.41) is 3.89. The zero-order valence-electron chi connectivity index (χ0n) is 14.4. The number of nitrogens with zero attached hydrogens (tertiary/aromatic N) is 2. The van der Waals surface area contributed by atoms with E-state index in [9.17, 15) is 13.2 Å². The molecule has 7 nitrogen and oxygen atoms in total. The monoisotopic (exact) mass is 363 g/mol. The molecule has 1 saturated heterocycles. The minimum atomic E-state index is -3.79. The second-order valence-electron chi connectivity index (χ2n) is 7.07. The van der Waals surface area contributed by atoms with Gasteiger partial charge in [-0.3, -0.25) is 4.79 Å². The minimum absolute atomic E-state index is 0.0603. The van der Waals surface area contributed by atoms with Gasteiger partial charge in [-0.15, -0.1) is 0 Å². The number of carbonyl (C=O) groups excluding carboxylic acids is 1. The van der Waals surface area contributed by atoms with Crippen molar-refractivity contribution in [2.24, 2.45) is 0 Å². The predicted molar refractivity (Wildman–Crippen MR) is 94.0 cm³/mol. The molecule has 134 valence electrons. The van der Waals surface area contributed by atoms with E-state index in [-0.39, 0.29) is 22.1 Å². The highest BCUT2D eigenvalue weighted by atomic mass is 32.2. The van der Waals surface area contributed by atoms with Crippen LogP contribution in [0.5, 0.6) is 0 Å². The highest BCUT2D eigenvalue weighted by Crippen LogP contribution is 2.26. The Morgan fingerprint density at radius 3 is 2.40 bits per heavy atom. The van der Waals surface area contributed by atoms with E-state index < -0.39 is 10.0 Å². The molecule has 1 aromatic carbocycles. The third-order valence-electron chi connectivity index (χ3n) is 4.05. The molecule has 1 amide bonds. The fourth-order valence-electron chi connectivity index (χ4n) is 2.59. The highest BCUT2D eigenvalue weighted by Gasteiger charge is 2.24. The van der Waals surface area contributed by atoms with Crippen molar-refractivity contribution in [2.45, 2.75) is 43.9 Å². The van der Waals surface area contributed by atoms with Gasteiger partial charge in [0.25, 0.3) is 10.0 Å². The SMILES string of the molecule is CC(C)(C)c1cc(NS(=O)(=O)c2ccc(N3CCCC3=O)cc2)on1. The van der Waals surface area contributed by atoms with Crippen molar-refractivity contribution in [3.05, 3.63) is 36.0 Å². The number of amides is 1. The quantitative estimate of drug-likeness (QED) is 0.902. The Labute approximate surface area is 147 Å². The second kappa shape index (κ2) is 6.18. The molecule has 8 heteroatoms. The molecule has 2 aromatic rings. The number of rotatable bonds is 4. The molecule has 0 atom stereocenters. The van der Waals surface area contributed by atoms with Gasteiger partial charge in [0.15, 0.2) is 0 Å². The predicted octanol–water partition coefficient (Wildman–Crippen LogP) is 2.90. The van der Waals surface area contributed by atoms with Crippen molar-refractivity contribution >= 4 is 27.5 Å². The van der Waals surface area contributed by atoms with Crippen LogP contribution in [0.15, 0.2) is 39.8 Å². The maximum atomic E-state index is 12.5. The smallest absolute Gasteiger partial charge is 0.264 e. The van der Waals surface area contributed by atoms with Crippen molar-refractivity contribution in [1.82, 2.24) is 5.16 Å². The molecule has 0 saturated carbocycles. The Bertz CT molecular complexity index is 879. The third kappa shape index (κ3) is 3.68. The summed E-state index contributed by atoms with van der Waals surface area (Å²) in [5.74, 6) is 0.133. The number of benzene rings is 1. The third-order valence-corrected chi connectivity index (χ3v) is 5.41.